The van der Waals surface area contributed by atoms with Crippen molar-refractivity contribution >= 4 is 17.9 Å². The van der Waals surface area contributed by atoms with Crippen molar-refractivity contribution in [2.24, 2.45) is 5.10 Å². The minimum Gasteiger partial charge on any atom is -0.497 e. The molecule has 0 aliphatic heterocycles. The highest BCUT2D eigenvalue weighted by molar-refractivity contribution is 5.91. The number of aryl methyl sites for hydroxylation is 2. The minimum absolute atomic E-state index is 0.388. The van der Waals surface area contributed by atoms with Crippen LogP contribution < -0.4 is 15.5 Å². The number of urea groups is 1. The van der Waals surface area contributed by atoms with Crippen LogP contribution in [0.1, 0.15) is 16.8 Å². The van der Waals surface area contributed by atoms with Crippen molar-refractivity contribution in [1.82, 2.24) is 9.99 Å². The molecule has 2 N–H and O–H groups in total. The Balaban J connectivity index is 1.64. The van der Waals surface area contributed by atoms with Crippen molar-refractivity contribution in [2.75, 3.05) is 12.4 Å². The van der Waals surface area contributed by atoms with Crippen LogP contribution in [0.25, 0.3) is 5.69 Å². The summed E-state index contributed by atoms with van der Waals surface area (Å²) in [6, 6.07) is 17.0. The molecule has 0 saturated heterocycles. The Bertz CT molecular complexity index is 959. The Labute approximate surface area is 158 Å². The predicted molar refractivity (Wildman–Crippen MR) is 108 cm³/mol. The van der Waals surface area contributed by atoms with E-state index in [9.17, 15) is 4.79 Å². The summed E-state index contributed by atoms with van der Waals surface area (Å²) < 4.78 is 7.15. The summed E-state index contributed by atoms with van der Waals surface area (Å²) in [6.45, 7) is 3.96. The van der Waals surface area contributed by atoms with Gasteiger partial charge >= 0.3 is 6.03 Å². The maximum absolute atomic E-state index is 12.0. The SMILES string of the molecule is COc1ccc(-n2cccc2C=NNC(=O)Nc2ccc(C)cc2C)cc1. The number of hydrogen-bond acceptors (Lipinski definition) is 3. The third-order valence-corrected chi connectivity index (χ3v) is 4.12. The van der Waals surface area contributed by atoms with Crippen molar-refractivity contribution < 1.29 is 9.53 Å². The van der Waals surface area contributed by atoms with Gasteiger partial charge in [-0.1, -0.05) is 17.7 Å². The summed E-state index contributed by atoms with van der Waals surface area (Å²) in [5.41, 5.74) is 7.22. The third-order valence-electron chi connectivity index (χ3n) is 4.12. The lowest BCUT2D eigenvalue weighted by Gasteiger charge is -2.09. The summed E-state index contributed by atoms with van der Waals surface area (Å²) in [5.74, 6) is 0.797. The second kappa shape index (κ2) is 8.23. The number of rotatable bonds is 5. The molecule has 0 atom stereocenters. The van der Waals surface area contributed by atoms with Crippen molar-refractivity contribution in [1.29, 1.82) is 0 Å². The first-order valence-electron chi connectivity index (χ1n) is 8.56. The molecule has 0 saturated carbocycles. The van der Waals surface area contributed by atoms with E-state index in [0.717, 1.165) is 33.9 Å². The molecule has 3 rings (SSSR count). The highest BCUT2D eigenvalue weighted by Crippen LogP contribution is 2.17. The molecule has 0 radical (unpaired) electrons. The van der Waals surface area contributed by atoms with Gasteiger partial charge in [-0.15, -0.1) is 0 Å². The van der Waals surface area contributed by atoms with E-state index in [0.29, 0.717) is 0 Å². The number of benzene rings is 2. The summed E-state index contributed by atoms with van der Waals surface area (Å²) in [5, 5.41) is 6.84. The number of aromatic nitrogens is 1. The molecule has 2 aromatic carbocycles. The standard InChI is InChI=1S/C21H22N4O2/c1-15-6-11-20(16(2)13-15)23-21(26)24-22-14-18-5-4-12-25(18)17-7-9-19(27-3)10-8-17/h4-14H,1-3H3,(H2,23,24,26). The lowest BCUT2D eigenvalue weighted by atomic mass is 10.1. The quantitative estimate of drug-likeness (QED) is 0.526. The number of amides is 2. The highest BCUT2D eigenvalue weighted by Gasteiger charge is 2.04. The monoisotopic (exact) mass is 362 g/mol. The normalized spacial score (nSPS) is 10.8. The molecule has 0 bridgehead atoms. The van der Waals surface area contributed by atoms with Gasteiger partial charge in [-0.25, -0.2) is 10.2 Å². The molecule has 0 unspecified atom stereocenters. The zero-order chi connectivity index (χ0) is 19.2. The number of nitrogens with one attached hydrogen (secondary N) is 2. The highest BCUT2D eigenvalue weighted by atomic mass is 16.5. The fourth-order valence-corrected chi connectivity index (χ4v) is 2.74. The van der Waals surface area contributed by atoms with Gasteiger partial charge in [0, 0.05) is 17.6 Å². The molecule has 1 aromatic heterocycles. The Morgan fingerprint density at radius 3 is 2.59 bits per heavy atom. The van der Waals surface area contributed by atoms with Gasteiger partial charge in [0.25, 0.3) is 0 Å². The van der Waals surface area contributed by atoms with Crippen LogP contribution in [-0.4, -0.2) is 23.9 Å². The topological polar surface area (TPSA) is 67.6 Å². The number of hydrazone groups is 1. The average molecular weight is 362 g/mol. The number of methoxy groups -OCH3 is 1. The van der Waals surface area contributed by atoms with E-state index in [4.69, 9.17) is 4.74 Å². The molecule has 0 aliphatic carbocycles. The molecule has 6 heteroatoms. The van der Waals surface area contributed by atoms with E-state index in [2.05, 4.69) is 15.8 Å². The number of anilines is 1. The molecular formula is C21H22N4O2. The van der Waals surface area contributed by atoms with E-state index in [1.807, 2.05) is 79.2 Å². The molecule has 138 valence electrons. The molecule has 0 fully saturated rings. The fourth-order valence-electron chi connectivity index (χ4n) is 2.74. The first kappa shape index (κ1) is 18.3. The molecule has 6 nitrogen and oxygen atoms in total. The lowest BCUT2D eigenvalue weighted by Crippen LogP contribution is -2.24. The minimum atomic E-state index is -0.388. The first-order valence-corrected chi connectivity index (χ1v) is 8.56. The second-order valence-corrected chi connectivity index (χ2v) is 6.14. The van der Waals surface area contributed by atoms with Gasteiger partial charge in [0.1, 0.15) is 5.75 Å². The van der Waals surface area contributed by atoms with Gasteiger partial charge in [0.15, 0.2) is 0 Å². The fraction of sp³-hybridized carbons (Fsp3) is 0.143. The molecule has 27 heavy (non-hydrogen) atoms. The zero-order valence-corrected chi connectivity index (χ0v) is 15.6. The number of carbonyl (C=O) groups excluding carboxylic acids is 1. The second-order valence-electron chi connectivity index (χ2n) is 6.14. The van der Waals surface area contributed by atoms with Gasteiger partial charge in [0.2, 0.25) is 0 Å². The molecule has 3 aromatic rings. The van der Waals surface area contributed by atoms with Crippen LogP contribution in [0.5, 0.6) is 5.75 Å². The van der Waals surface area contributed by atoms with Crippen molar-refractivity contribution in [3.8, 4) is 11.4 Å². The van der Waals surface area contributed by atoms with Crippen LogP contribution in [0.4, 0.5) is 10.5 Å². The smallest absolute Gasteiger partial charge is 0.339 e. The number of ether oxygens (including phenoxy) is 1. The molecule has 1 heterocycles. The molecule has 0 spiro atoms. The van der Waals surface area contributed by atoms with E-state index in [1.165, 1.54) is 0 Å². The van der Waals surface area contributed by atoms with Gasteiger partial charge < -0.3 is 14.6 Å². The van der Waals surface area contributed by atoms with Crippen LogP contribution in [0.15, 0.2) is 65.9 Å². The number of nitrogens with zero attached hydrogens (tertiary/aromatic N) is 2. The molecule has 2 amide bonds. The molecular weight excluding hydrogens is 340 g/mol. The summed E-state index contributed by atoms with van der Waals surface area (Å²) in [4.78, 5) is 12.0. The van der Waals surface area contributed by atoms with Gasteiger partial charge in [-0.05, 0) is 61.9 Å². The van der Waals surface area contributed by atoms with Crippen LogP contribution in [0.2, 0.25) is 0 Å². The molecule has 0 aliphatic rings. The Hall–Kier alpha value is -3.54. The van der Waals surface area contributed by atoms with E-state index < -0.39 is 0 Å². The Morgan fingerprint density at radius 2 is 1.89 bits per heavy atom. The Morgan fingerprint density at radius 1 is 1.11 bits per heavy atom. The summed E-state index contributed by atoms with van der Waals surface area (Å²) in [7, 11) is 1.64. The average Bonchev–Trinajstić information content (AvgIpc) is 3.12. The zero-order valence-electron chi connectivity index (χ0n) is 15.6. The Kier molecular flexibility index (Phi) is 5.56. The van der Waals surface area contributed by atoms with E-state index in [-0.39, 0.29) is 6.03 Å². The maximum atomic E-state index is 12.0. The number of carbonyl (C=O) groups is 1. The van der Waals surface area contributed by atoms with Crippen molar-refractivity contribution in [2.45, 2.75) is 13.8 Å². The van der Waals surface area contributed by atoms with Gasteiger partial charge in [-0.3, -0.25) is 0 Å². The summed E-state index contributed by atoms with van der Waals surface area (Å²) >= 11 is 0. The van der Waals surface area contributed by atoms with Gasteiger partial charge in [0.05, 0.1) is 19.0 Å². The first-order chi connectivity index (χ1) is 13.1. The van der Waals surface area contributed by atoms with Crippen LogP contribution in [-0.2, 0) is 0 Å². The maximum Gasteiger partial charge on any atom is 0.339 e. The number of hydrogen-bond donors (Lipinski definition) is 2. The van der Waals surface area contributed by atoms with E-state index >= 15 is 0 Å². The van der Waals surface area contributed by atoms with Crippen LogP contribution >= 0.6 is 0 Å². The summed E-state index contributed by atoms with van der Waals surface area (Å²) in [6.07, 6.45) is 3.53. The van der Waals surface area contributed by atoms with Gasteiger partial charge in [-0.2, -0.15) is 5.10 Å². The predicted octanol–water partition coefficient (Wildman–Crippen LogP) is 4.26. The van der Waals surface area contributed by atoms with Crippen molar-refractivity contribution in [3.05, 3.63) is 77.6 Å². The largest absolute Gasteiger partial charge is 0.497 e. The van der Waals surface area contributed by atoms with Crippen LogP contribution in [0.3, 0.4) is 0 Å². The third kappa shape index (κ3) is 4.55. The van der Waals surface area contributed by atoms with Crippen molar-refractivity contribution in [3.63, 3.8) is 0 Å². The van der Waals surface area contributed by atoms with Crippen LogP contribution in [0, 0.1) is 13.8 Å². The van der Waals surface area contributed by atoms with E-state index in [1.54, 1.807) is 13.3 Å². The lowest BCUT2D eigenvalue weighted by molar-refractivity contribution is 0.252.